The molecular formula is C18H12ClIN2O3. The van der Waals surface area contributed by atoms with Crippen LogP contribution in [0.4, 0.5) is 11.4 Å². The third-order valence-electron chi connectivity index (χ3n) is 3.26. The zero-order chi connectivity index (χ0) is 17.8. The zero-order valence-corrected chi connectivity index (χ0v) is 15.7. The summed E-state index contributed by atoms with van der Waals surface area (Å²) >= 11 is 7.89. The van der Waals surface area contributed by atoms with Crippen molar-refractivity contribution in [1.82, 2.24) is 0 Å². The highest BCUT2D eigenvalue weighted by atomic mass is 127. The molecule has 0 spiro atoms. The van der Waals surface area contributed by atoms with E-state index in [1.165, 1.54) is 0 Å². The van der Waals surface area contributed by atoms with Crippen LogP contribution in [0.15, 0.2) is 65.1 Å². The van der Waals surface area contributed by atoms with Gasteiger partial charge in [-0.1, -0.05) is 23.7 Å². The lowest BCUT2D eigenvalue weighted by Gasteiger charge is -2.08. The van der Waals surface area contributed by atoms with Crippen LogP contribution in [-0.4, -0.2) is 11.8 Å². The summed E-state index contributed by atoms with van der Waals surface area (Å²) in [6.45, 7) is 0. The van der Waals surface area contributed by atoms with Gasteiger partial charge >= 0.3 is 0 Å². The molecule has 0 fully saturated rings. The normalized spacial score (nSPS) is 10.3. The van der Waals surface area contributed by atoms with Crippen LogP contribution >= 0.6 is 34.2 Å². The third-order valence-corrected chi connectivity index (χ3v) is 4.08. The molecule has 0 atom stereocenters. The van der Waals surface area contributed by atoms with E-state index in [1.807, 2.05) is 22.6 Å². The predicted molar refractivity (Wildman–Crippen MR) is 105 cm³/mol. The van der Waals surface area contributed by atoms with Gasteiger partial charge in [0.2, 0.25) is 0 Å². The van der Waals surface area contributed by atoms with Gasteiger partial charge in [-0.3, -0.25) is 9.59 Å². The van der Waals surface area contributed by atoms with Crippen LogP contribution in [0.3, 0.4) is 0 Å². The van der Waals surface area contributed by atoms with Crippen LogP contribution < -0.4 is 10.6 Å². The van der Waals surface area contributed by atoms with E-state index in [-0.39, 0.29) is 17.6 Å². The van der Waals surface area contributed by atoms with E-state index in [2.05, 4.69) is 10.6 Å². The predicted octanol–water partition coefficient (Wildman–Crippen LogP) is 5.04. The number of benzene rings is 2. The molecule has 0 saturated carbocycles. The first-order valence-corrected chi connectivity index (χ1v) is 8.70. The molecule has 25 heavy (non-hydrogen) atoms. The molecule has 0 bridgehead atoms. The number of hydrogen-bond acceptors (Lipinski definition) is 3. The Morgan fingerprint density at radius 2 is 1.56 bits per heavy atom. The van der Waals surface area contributed by atoms with Gasteiger partial charge in [0.05, 0.1) is 0 Å². The maximum absolute atomic E-state index is 12.3. The number of rotatable bonds is 4. The van der Waals surface area contributed by atoms with Gasteiger partial charge in [-0.05, 0) is 71.1 Å². The molecule has 126 valence electrons. The molecule has 2 aromatic carbocycles. The molecule has 3 rings (SSSR count). The number of nitrogens with one attached hydrogen (secondary N) is 2. The van der Waals surface area contributed by atoms with Crippen molar-refractivity contribution in [2.45, 2.75) is 0 Å². The number of amides is 2. The quantitative estimate of drug-likeness (QED) is 0.529. The summed E-state index contributed by atoms with van der Waals surface area (Å²) in [7, 11) is 0. The fourth-order valence-electron chi connectivity index (χ4n) is 2.14. The Bertz CT molecular complexity index is 939. The fraction of sp³-hybridized carbons (Fsp3) is 0. The molecule has 0 aliphatic heterocycles. The average molecular weight is 467 g/mol. The lowest BCUT2D eigenvalue weighted by molar-refractivity contribution is 0.0993. The number of anilines is 2. The first kappa shape index (κ1) is 17.5. The van der Waals surface area contributed by atoms with E-state index in [4.69, 9.17) is 16.0 Å². The van der Waals surface area contributed by atoms with Crippen LogP contribution in [0.1, 0.15) is 20.9 Å². The molecule has 0 radical (unpaired) electrons. The minimum absolute atomic E-state index is 0.220. The molecule has 1 heterocycles. The van der Waals surface area contributed by atoms with Crippen molar-refractivity contribution >= 4 is 57.4 Å². The Labute approximate surface area is 162 Å². The summed E-state index contributed by atoms with van der Waals surface area (Å²) in [5, 5.41) is 5.98. The van der Waals surface area contributed by atoms with Crippen LogP contribution in [0.2, 0.25) is 5.02 Å². The number of halogens is 2. The SMILES string of the molecule is O=C(Nc1cccc(NC(=O)c2ccc(I)o2)c1)c1cccc(Cl)c1. The van der Waals surface area contributed by atoms with Crippen molar-refractivity contribution in [1.29, 1.82) is 0 Å². The Hall–Kier alpha value is -2.32. The number of carbonyl (C=O) groups is 2. The molecule has 3 aromatic rings. The van der Waals surface area contributed by atoms with E-state index < -0.39 is 0 Å². The Morgan fingerprint density at radius 3 is 2.20 bits per heavy atom. The lowest BCUT2D eigenvalue weighted by Crippen LogP contribution is -2.13. The highest BCUT2D eigenvalue weighted by Crippen LogP contribution is 2.19. The highest BCUT2D eigenvalue weighted by Gasteiger charge is 2.11. The summed E-state index contributed by atoms with van der Waals surface area (Å²) in [6, 6.07) is 16.8. The van der Waals surface area contributed by atoms with Gasteiger partial charge in [0.1, 0.15) is 0 Å². The van der Waals surface area contributed by atoms with E-state index >= 15 is 0 Å². The maximum atomic E-state index is 12.3. The van der Waals surface area contributed by atoms with Crippen molar-refractivity contribution in [3.05, 3.63) is 80.8 Å². The molecule has 7 heteroatoms. The van der Waals surface area contributed by atoms with Crippen LogP contribution in [0.5, 0.6) is 0 Å². The first-order chi connectivity index (χ1) is 12.0. The molecular weight excluding hydrogens is 455 g/mol. The molecule has 2 N–H and O–H groups in total. The maximum Gasteiger partial charge on any atom is 0.291 e. The average Bonchev–Trinajstić information content (AvgIpc) is 3.02. The molecule has 0 unspecified atom stereocenters. The van der Waals surface area contributed by atoms with E-state index in [0.29, 0.717) is 25.7 Å². The monoisotopic (exact) mass is 466 g/mol. The van der Waals surface area contributed by atoms with E-state index in [0.717, 1.165) is 0 Å². The van der Waals surface area contributed by atoms with Crippen molar-refractivity contribution < 1.29 is 14.0 Å². The van der Waals surface area contributed by atoms with E-state index in [9.17, 15) is 9.59 Å². The summed E-state index contributed by atoms with van der Waals surface area (Å²) in [5.41, 5.74) is 1.55. The topological polar surface area (TPSA) is 71.3 Å². The van der Waals surface area contributed by atoms with Gasteiger partial charge in [-0.25, -0.2) is 0 Å². The van der Waals surface area contributed by atoms with Crippen LogP contribution in [0, 0.1) is 3.77 Å². The molecule has 0 aliphatic rings. The van der Waals surface area contributed by atoms with Gasteiger partial charge < -0.3 is 15.1 Å². The summed E-state index contributed by atoms with van der Waals surface area (Å²) in [6.07, 6.45) is 0. The fourth-order valence-corrected chi connectivity index (χ4v) is 2.74. The molecule has 5 nitrogen and oxygen atoms in total. The van der Waals surface area contributed by atoms with Crippen molar-refractivity contribution in [2.75, 3.05) is 10.6 Å². The second-order valence-electron chi connectivity index (χ2n) is 5.10. The second kappa shape index (κ2) is 7.71. The number of carbonyl (C=O) groups excluding carboxylic acids is 2. The van der Waals surface area contributed by atoms with E-state index in [1.54, 1.807) is 60.7 Å². The van der Waals surface area contributed by atoms with Gasteiger partial charge in [0.25, 0.3) is 11.8 Å². The summed E-state index contributed by atoms with van der Waals surface area (Å²) in [4.78, 5) is 24.4. The van der Waals surface area contributed by atoms with Crippen LogP contribution in [-0.2, 0) is 0 Å². The summed E-state index contributed by atoms with van der Waals surface area (Å²) < 4.78 is 5.90. The van der Waals surface area contributed by atoms with Crippen molar-refractivity contribution in [2.24, 2.45) is 0 Å². The zero-order valence-electron chi connectivity index (χ0n) is 12.8. The van der Waals surface area contributed by atoms with Crippen molar-refractivity contribution in [3.8, 4) is 0 Å². The third kappa shape index (κ3) is 4.61. The van der Waals surface area contributed by atoms with Gasteiger partial charge in [0, 0.05) is 22.0 Å². The van der Waals surface area contributed by atoms with Gasteiger partial charge in [0.15, 0.2) is 9.53 Å². The Morgan fingerprint density at radius 1 is 0.880 bits per heavy atom. The number of furan rings is 1. The number of hydrogen-bond donors (Lipinski definition) is 2. The molecule has 0 saturated heterocycles. The molecule has 1 aromatic heterocycles. The standard InChI is InChI=1S/C18H12ClIN2O3/c19-12-4-1-3-11(9-12)17(23)21-13-5-2-6-14(10-13)22-18(24)15-7-8-16(20)25-15/h1-10H,(H,21,23)(H,22,24). The second-order valence-corrected chi connectivity index (χ2v) is 6.60. The smallest absolute Gasteiger partial charge is 0.291 e. The Kier molecular flexibility index (Phi) is 5.40. The van der Waals surface area contributed by atoms with Crippen molar-refractivity contribution in [3.63, 3.8) is 0 Å². The molecule has 2 amide bonds. The Balaban J connectivity index is 1.71. The first-order valence-electron chi connectivity index (χ1n) is 7.25. The summed E-state index contributed by atoms with van der Waals surface area (Å²) in [5.74, 6) is -0.425. The highest BCUT2D eigenvalue weighted by molar-refractivity contribution is 14.1. The molecule has 0 aliphatic carbocycles. The minimum Gasteiger partial charge on any atom is -0.445 e. The minimum atomic E-state index is -0.360. The van der Waals surface area contributed by atoms with Gasteiger partial charge in [-0.15, -0.1) is 0 Å². The van der Waals surface area contributed by atoms with Crippen LogP contribution in [0.25, 0.3) is 0 Å². The van der Waals surface area contributed by atoms with Gasteiger partial charge in [-0.2, -0.15) is 0 Å². The largest absolute Gasteiger partial charge is 0.445 e. The lowest BCUT2D eigenvalue weighted by atomic mass is 10.2.